The molecule has 5 heteroatoms. The summed E-state index contributed by atoms with van der Waals surface area (Å²) in [5.74, 6) is 0.213. The van der Waals surface area contributed by atoms with Crippen LogP contribution in [-0.4, -0.2) is 42.4 Å². The van der Waals surface area contributed by atoms with Crippen molar-refractivity contribution < 1.29 is 14.6 Å². The zero-order chi connectivity index (χ0) is 13.5. The predicted molar refractivity (Wildman–Crippen MR) is 70.0 cm³/mol. The minimum absolute atomic E-state index is 0.173. The summed E-state index contributed by atoms with van der Waals surface area (Å²) in [5.41, 5.74) is 5.83. The topological polar surface area (TPSA) is 84.6 Å². The van der Waals surface area contributed by atoms with Crippen molar-refractivity contribution in [3.63, 3.8) is 0 Å². The molecule has 18 heavy (non-hydrogen) atoms. The van der Waals surface area contributed by atoms with E-state index in [4.69, 9.17) is 10.5 Å². The summed E-state index contributed by atoms with van der Waals surface area (Å²) >= 11 is 0. The molecule has 0 spiro atoms. The van der Waals surface area contributed by atoms with Crippen LogP contribution < -0.4 is 11.1 Å². The average Bonchev–Trinajstić information content (AvgIpc) is 2.27. The highest BCUT2D eigenvalue weighted by molar-refractivity contribution is 5.81. The van der Waals surface area contributed by atoms with E-state index < -0.39 is 12.1 Å². The van der Waals surface area contributed by atoms with Gasteiger partial charge in [0.1, 0.15) is 0 Å². The first-order chi connectivity index (χ1) is 8.50. The van der Waals surface area contributed by atoms with Crippen LogP contribution in [0.5, 0.6) is 0 Å². The van der Waals surface area contributed by atoms with Crippen LogP contribution in [0.2, 0.25) is 0 Å². The fraction of sp³-hybridized carbons (Fsp3) is 0.923. The SMILES string of the molecule is CC(C)CC(N)C(=O)N[C@H]1CCCCOC[C@H]1O. The number of nitrogens with two attached hydrogens (primary N) is 1. The van der Waals surface area contributed by atoms with Crippen LogP contribution in [-0.2, 0) is 9.53 Å². The molecule has 1 fully saturated rings. The van der Waals surface area contributed by atoms with Crippen LogP contribution in [0.1, 0.15) is 39.5 Å². The van der Waals surface area contributed by atoms with E-state index in [1.807, 2.05) is 13.8 Å². The van der Waals surface area contributed by atoms with Gasteiger partial charge in [0.2, 0.25) is 5.91 Å². The number of amides is 1. The van der Waals surface area contributed by atoms with Gasteiger partial charge >= 0.3 is 0 Å². The first-order valence-corrected chi connectivity index (χ1v) is 6.82. The molecule has 0 aromatic rings. The molecule has 0 aromatic carbocycles. The van der Waals surface area contributed by atoms with Crippen LogP contribution in [0.25, 0.3) is 0 Å². The Kier molecular flexibility index (Phi) is 6.60. The van der Waals surface area contributed by atoms with Gasteiger partial charge < -0.3 is 20.9 Å². The van der Waals surface area contributed by atoms with E-state index in [-0.39, 0.29) is 18.6 Å². The average molecular weight is 258 g/mol. The molecule has 1 amide bonds. The molecule has 1 heterocycles. The molecular weight excluding hydrogens is 232 g/mol. The predicted octanol–water partition coefficient (Wildman–Crippen LogP) is 0.406. The molecule has 1 aliphatic rings. The summed E-state index contributed by atoms with van der Waals surface area (Å²) in [7, 11) is 0. The van der Waals surface area contributed by atoms with Crippen molar-refractivity contribution >= 4 is 5.91 Å². The minimum atomic E-state index is -0.638. The Morgan fingerprint density at radius 2 is 2.22 bits per heavy atom. The molecule has 0 aliphatic carbocycles. The third-order valence-corrected chi connectivity index (χ3v) is 3.20. The van der Waals surface area contributed by atoms with Gasteiger partial charge in [-0.1, -0.05) is 13.8 Å². The van der Waals surface area contributed by atoms with Crippen LogP contribution >= 0.6 is 0 Å². The number of nitrogens with one attached hydrogen (secondary N) is 1. The summed E-state index contributed by atoms with van der Waals surface area (Å²) in [6, 6.07) is -0.737. The van der Waals surface area contributed by atoms with Crippen LogP contribution in [0.4, 0.5) is 0 Å². The van der Waals surface area contributed by atoms with Crippen molar-refractivity contribution in [2.45, 2.75) is 57.7 Å². The fourth-order valence-electron chi connectivity index (χ4n) is 2.15. The molecule has 1 unspecified atom stereocenters. The monoisotopic (exact) mass is 258 g/mol. The van der Waals surface area contributed by atoms with Crippen molar-refractivity contribution in [3.8, 4) is 0 Å². The first kappa shape index (κ1) is 15.4. The van der Waals surface area contributed by atoms with Gasteiger partial charge in [-0.05, 0) is 31.6 Å². The Balaban J connectivity index is 2.44. The number of ether oxygens (including phenoxy) is 1. The highest BCUT2D eigenvalue weighted by atomic mass is 16.5. The summed E-state index contributed by atoms with van der Waals surface area (Å²) in [4.78, 5) is 11.9. The Morgan fingerprint density at radius 1 is 1.50 bits per heavy atom. The van der Waals surface area contributed by atoms with Crippen LogP contribution in [0.3, 0.4) is 0 Å². The van der Waals surface area contributed by atoms with Gasteiger partial charge in [-0.15, -0.1) is 0 Å². The van der Waals surface area contributed by atoms with E-state index in [0.717, 1.165) is 19.3 Å². The smallest absolute Gasteiger partial charge is 0.237 e. The van der Waals surface area contributed by atoms with E-state index in [1.165, 1.54) is 0 Å². The molecule has 0 bridgehead atoms. The molecule has 5 nitrogen and oxygen atoms in total. The number of rotatable bonds is 4. The number of hydrogen-bond donors (Lipinski definition) is 3. The van der Waals surface area contributed by atoms with Gasteiger partial charge in [0.05, 0.1) is 24.8 Å². The standard InChI is InChI=1S/C13H26N2O3/c1-9(2)7-10(14)13(17)15-11-5-3-4-6-18-8-12(11)16/h9-12,16H,3-8,14H2,1-2H3,(H,15,17)/t10?,11-,12+/m0/s1. The van der Waals surface area contributed by atoms with E-state index >= 15 is 0 Å². The summed E-state index contributed by atoms with van der Waals surface area (Å²) in [6.07, 6.45) is 2.72. The summed E-state index contributed by atoms with van der Waals surface area (Å²) in [5, 5.41) is 12.8. The van der Waals surface area contributed by atoms with Crippen molar-refractivity contribution in [3.05, 3.63) is 0 Å². The van der Waals surface area contributed by atoms with Gasteiger partial charge in [0.15, 0.2) is 0 Å². The number of aliphatic hydroxyl groups excluding tert-OH is 1. The molecular formula is C13H26N2O3. The van der Waals surface area contributed by atoms with Gasteiger partial charge in [0.25, 0.3) is 0 Å². The third-order valence-electron chi connectivity index (χ3n) is 3.20. The van der Waals surface area contributed by atoms with Crippen molar-refractivity contribution in [1.29, 1.82) is 0 Å². The van der Waals surface area contributed by atoms with Gasteiger partial charge in [0, 0.05) is 6.61 Å². The van der Waals surface area contributed by atoms with Crippen LogP contribution in [0.15, 0.2) is 0 Å². The second kappa shape index (κ2) is 7.71. The summed E-state index contributed by atoms with van der Waals surface area (Å²) in [6.45, 7) is 5.03. The van der Waals surface area contributed by atoms with Gasteiger partial charge in [-0.25, -0.2) is 0 Å². The Hall–Kier alpha value is -0.650. The molecule has 0 saturated carbocycles. The van der Waals surface area contributed by atoms with Crippen LogP contribution in [0, 0.1) is 5.92 Å². The normalized spacial score (nSPS) is 27.4. The number of hydrogen-bond acceptors (Lipinski definition) is 4. The van der Waals surface area contributed by atoms with E-state index in [0.29, 0.717) is 18.9 Å². The second-order valence-corrected chi connectivity index (χ2v) is 5.49. The second-order valence-electron chi connectivity index (χ2n) is 5.49. The fourth-order valence-corrected chi connectivity index (χ4v) is 2.15. The van der Waals surface area contributed by atoms with E-state index in [9.17, 15) is 9.90 Å². The lowest BCUT2D eigenvalue weighted by atomic mass is 10.0. The maximum absolute atomic E-state index is 11.9. The largest absolute Gasteiger partial charge is 0.389 e. The summed E-state index contributed by atoms with van der Waals surface area (Å²) < 4.78 is 5.29. The quantitative estimate of drug-likeness (QED) is 0.681. The van der Waals surface area contributed by atoms with Crippen molar-refractivity contribution in [1.82, 2.24) is 5.32 Å². The maximum Gasteiger partial charge on any atom is 0.237 e. The van der Waals surface area contributed by atoms with Crippen molar-refractivity contribution in [2.24, 2.45) is 11.7 Å². The first-order valence-electron chi connectivity index (χ1n) is 6.82. The maximum atomic E-state index is 11.9. The number of aliphatic hydroxyl groups is 1. The molecule has 0 radical (unpaired) electrons. The van der Waals surface area contributed by atoms with Crippen molar-refractivity contribution in [2.75, 3.05) is 13.2 Å². The Bertz CT molecular complexity index is 259. The Morgan fingerprint density at radius 3 is 2.89 bits per heavy atom. The lowest BCUT2D eigenvalue weighted by Gasteiger charge is -2.27. The molecule has 1 aliphatic heterocycles. The molecule has 106 valence electrons. The third kappa shape index (κ3) is 5.33. The molecule has 4 N–H and O–H groups in total. The van der Waals surface area contributed by atoms with E-state index in [1.54, 1.807) is 0 Å². The Labute approximate surface area is 109 Å². The molecule has 1 rings (SSSR count). The molecule has 0 aromatic heterocycles. The number of carbonyl (C=O) groups excluding carboxylic acids is 1. The highest BCUT2D eigenvalue weighted by Crippen LogP contribution is 2.11. The van der Waals surface area contributed by atoms with E-state index in [2.05, 4.69) is 5.32 Å². The zero-order valence-corrected chi connectivity index (χ0v) is 11.4. The molecule has 1 saturated heterocycles. The number of carbonyl (C=O) groups is 1. The highest BCUT2D eigenvalue weighted by Gasteiger charge is 2.25. The molecule has 3 atom stereocenters. The zero-order valence-electron chi connectivity index (χ0n) is 11.4. The lowest BCUT2D eigenvalue weighted by Crippen LogP contribution is -2.51. The minimum Gasteiger partial charge on any atom is -0.389 e. The lowest BCUT2D eigenvalue weighted by molar-refractivity contribution is -0.125. The van der Waals surface area contributed by atoms with Gasteiger partial charge in [-0.2, -0.15) is 0 Å². The van der Waals surface area contributed by atoms with Gasteiger partial charge in [-0.3, -0.25) is 4.79 Å².